The highest BCUT2D eigenvalue weighted by Gasteiger charge is 2.36. The third-order valence-electron chi connectivity index (χ3n) is 5.19. The summed E-state index contributed by atoms with van der Waals surface area (Å²) in [7, 11) is 3.01. The molecule has 2 rings (SSSR count). The van der Waals surface area contributed by atoms with Gasteiger partial charge in [-0.2, -0.15) is 12.6 Å². The second-order valence-electron chi connectivity index (χ2n) is 7.70. The molecule has 164 valence electrons. The number of hydrogen-bond acceptors (Lipinski definition) is 5. The summed E-state index contributed by atoms with van der Waals surface area (Å²) in [5, 5.41) is 0. The Bertz CT molecular complexity index is 841. The van der Waals surface area contributed by atoms with Crippen LogP contribution in [-0.4, -0.2) is 30.7 Å². The van der Waals surface area contributed by atoms with Crippen LogP contribution in [0.15, 0.2) is 42.5 Å². The average Bonchev–Trinajstić information content (AvgIpc) is 2.72. The van der Waals surface area contributed by atoms with Crippen LogP contribution >= 0.6 is 12.6 Å². The van der Waals surface area contributed by atoms with Crippen molar-refractivity contribution in [3.8, 4) is 5.75 Å². The Balaban J connectivity index is 0.000000414. The van der Waals surface area contributed by atoms with Crippen molar-refractivity contribution in [2.24, 2.45) is 0 Å². The number of thiol groups is 1. The van der Waals surface area contributed by atoms with E-state index < -0.39 is 10.7 Å². The third kappa shape index (κ3) is 7.52. The number of hydrogen-bond donors (Lipinski definition) is 1. The average molecular weight is 431 g/mol. The summed E-state index contributed by atoms with van der Waals surface area (Å²) in [6, 6.07) is 13.9. The maximum Gasteiger partial charge on any atom is 0.306 e. The SMILES string of the molecule is CCC(C)(S)C(=O)C(CC(=O)OC)c1ccc(C)cc1C.COc1ccc(C)cc1. The molecule has 0 spiro atoms. The molecule has 5 heteroatoms. The molecule has 0 heterocycles. The minimum Gasteiger partial charge on any atom is -0.497 e. The van der Waals surface area contributed by atoms with Crippen LogP contribution in [0.3, 0.4) is 0 Å². The van der Waals surface area contributed by atoms with Gasteiger partial charge in [-0.3, -0.25) is 9.59 Å². The van der Waals surface area contributed by atoms with Crippen LogP contribution in [0.1, 0.15) is 54.9 Å². The summed E-state index contributed by atoms with van der Waals surface area (Å²) in [5.41, 5.74) is 4.28. The Morgan fingerprint density at radius 1 is 1.00 bits per heavy atom. The fourth-order valence-corrected chi connectivity index (χ4v) is 3.19. The van der Waals surface area contributed by atoms with Crippen LogP contribution in [0.5, 0.6) is 5.75 Å². The first-order chi connectivity index (χ1) is 14.0. The van der Waals surface area contributed by atoms with Gasteiger partial charge in [-0.1, -0.05) is 48.4 Å². The molecule has 0 aliphatic heterocycles. The van der Waals surface area contributed by atoms with Crippen LogP contribution in [0.4, 0.5) is 0 Å². The number of aryl methyl sites for hydroxylation is 3. The minimum atomic E-state index is -0.754. The maximum atomic E-state index is 12.8. The molecule has 2 atom stereocenters. The Morgan fingerprint density at radius 2 is 1.57 bits per heavy atom. The van der Waals surface area contributed by atoms with E-state index in [2.05, 4.69) is 19.6 Å². The number of rotatable bonds is 7. The lowest BCUT2D eigenvalue weighted by Crippen LogP contribution is -2.34. The molecular weight excluding hydrogens is 396 g/mol. The van der Waals surface area contributed by atoms with E-state index in [-0.39, 0.29) is 18.2 Å². The molecule has 0 bridgehead atoms. The summed E-state index contributed by atoms with van der Waals surface area (Å²) < 4.78 is 8.96. The quantitative estimate of drug-likeness (QED) is 0.457. The van der Waals surface area contributed by atoms with Gasteiger partial charge in [0.25, 0.3) is 0 Å². The normalized spacial score (nSPS) is 13.3. The molecule has 0 N–H and O–H groups in total. The van der Waals surface area contributed by atoms with Crippen LogP contribution in [0.2, 0.25) is 0 Å². The molecule has 0 fully saturated rings. The van der Waals surface area contributed by atoms with Gasteiger partial charge in [0.05, 0.1) is 31.3 Å². The van der Waals surface area contributed by atoms with E-state index in [0.717, 1.165) is 22.4 Å². The van der Waals surface area contributed by atoms with E-state index in [9.17, 15) is 9.59 Å². The van der Waals surface area contributed by atoms with Gasteiger partial charge in [0.2, 0.25) is 0 Å². The Labute approximate surface area is 186 Å². The second-order valence-corrected chi connectivity index (χ2v) is 8.69. The standard InChI is InChI=1S/C17H24O3S.C8H10O/c1-6-17(4,21)16(19)14(10-15(18)20-5)13-8-7-11(2)9-12(13)3;1-7-3-5-8(9-2)6-4-7/h7-9,14,21H,6,10H2,1-5H3;3-6H,1-2H3. The van der Waals surface area contributed by atoms with E-state index in [1.807, 2.05) is 63.2 Å². The molecule has 0 aliphatic carbocycles. The Hall–Kier alpha value is -2.27. The Morgan fingerprint density at radius 3 is 2.03 bits per heavy atom. The number of carbonyl (C=O) groups is 2. The maximum absolute atomic E-state index is 12.8. The second kappa shape index (κ2) is 11.8. The molecule has 2 aromatic rings. The number of ketones is 1. The van der Waals surface area contributed by atoms with E-state index in [0.29, 0.717) is 6.42 Å². The first kappa shape index (κ1) is 25.8. The van der Waals surface area contributed by atoms with Crippen LogP contribution in [0.25, 0.3) is 0 Å². The first-order valence-corrected chi connectivity index (χ1v) is 10.5. The zero-order valence-corrected chi connectivity index (χ0v) is 20.0. The van der Waals surface area contributed by atoms with Gasteiger partial charge < -0.3 is 9.47 Å². The van der Waals surface area contributed by atoms with E-state index in [1.165, 1.54) is 12.7 Å². The highest BCUT2D eigenvalue weighted by Crippen LogP contribution is 2.33. The van der Waals surface area contributed by atoms with E-state index in [4.69, 9.17) is 9.47 Å². The lowest BCUT2D eigenvalue weighted by atomic mass is 9.82. The summed E-state index contributed by atoms with van der Waals surface area (Å²) >= 11 is 4.48. The predicted molar refractivity (Wildman–Crippen MR) is 126 cm³/mol. The van der Waals surface area contributed by atoms with Crippen molar-refractivity contribution in [2.75, 3.05) is 14.2 Å². The van der Waals surface area contributed by atoms with Crippen molar-refractivity contribution in [2.45, 2.75) is 58.1 Å². The molecule has 0 saturated carbocycles. The molecule has 0 amide bonds. The number of Topliss-reactive ketones (excluding diaryl/α,β-unsaturated/α-hetero) is 1. The topological polar surface area (TPSA) is 52.6 Å². The third-order valence-corrected chi connectivity index (χ3v) is 5.73. The molecule has 4 nitrogen and oxygen atoms in total. The minimum absolute atomic E-state index is 0.0364. The van der Waals surface area contributed by atoms with Crippen LogP contribution < -0.4 is 4.74 Å². The van der Waals surface area contributed by atoms with Gasteiger partial charge in [0, 0.05) is 0 Å². The molecule has 2 unspecified atom stereocenters. The number of esters is 1. The van der Waals surface area contributed by atoms with Crippen molar-refractivity contribution in [1.29, 1.82) is 0 Å². The number of carbonyl (C=O) groups excluding carboxylic acids is 2. The highest BCUT2D eigenvalue weighted by molar-refractivity contribution is 7.82. The summed E-state index contributed by atoms with van der Waals surface area (Å²) in [5.74, 6) is -0.0136. The van der Waals surface area contributed by atoms with E-state index in [1.54, 1.807) is 14.0 Å². The number of benzene rings is 2. The molecule has 0 aromatic heterocycles. The van der Waals surface area contributed by atoms with Crippen molar-refractivity contribution < 1.29 is 19.1 Å². The van der Waals surface area contributed by atoms with E-state index >= 15 is 0 Å². The molecule has 0 saturated heterocycles. The van der Waals surface area contributed by atoms with Crippen LogP contribution in [-0.2, 0) is 14.3 Å². The first-order valence-electron chi connectivity index (χ1n) is 10.1. The predicted octanol–water partition coefficient (Wildman–Crippen LogP) is 5.62. The monoisotopic (exact) mass is 430 g/mol. The zero-order chi connectivity index (χ0) is 22.9. The van der Waals surface area contributed by atoms with Gasteiger partial charge in [-0.05, 0) is 57.4 Å². The van der Waals surface area contributed by atoms with Gasteiger partial charge in [-0.15, -0.1) is 0 Å². The fraction of sp³-hybridized carbons (Fsp3) is 0.440. The van der Waals surface area contributed by atoms with Gasteiger partial charge in [0.15, 0.2) is 5.78 Å². The molecule has 0 radical (unpaired) electrons. The van der Waals surface area contributed by atoms with Gasteiger partial charge >= 0.3 is 5.97 Å². The Kier molecular flexibility index (Phi) is 10.1. The summed E-state index contributed by atoms with van der Waals surface area (Å²) in [4.78, 5) is 24.5. The smallest absolute Gasteiger partial charge is 0.306 e. The molecular formula is C25H34O4S. The number of methoxy groups -OCH3 is 2. The zero-order valence-electron chi connectivity index (χ0n) is 19.1. The lowest BCUT2D eigenvalue weighted by molar-refractivity contribution is -0.142. The highest BCUT2D eigenvalue weighted by atomic mass is 32.1. The molecule has 2 aromatic carbocycles. The van der Waals surface area contributed by atoms with Crippen molar-refractivity contribution in [1.82, 2.24) is 0 Å². The van der Waals surface area contributed by atoms with Crippen molar-refractivity contribution in [3.05, 3.63) is 64.7 Å². The fourth-order valence-electron chi connectivity index (χ4n) is 3.03. The summed E-state index contributed by atoms with van der Waals surface area (Å²) in [6.45, 7) is 9.73. The molecule has 0 aliphatic rings. The lowest BCUT2D eigenvalue weighted by Gasteiger charge is -2.27. The largest absolute Gasteiger partial charge is 0.497 e. The van der Waals surface area contributed by atoms with Crippen molar-refractivity contribution >= 4 is 24.4 Å². The van der Waals surface area contributed by atoms with Crippen molar-refractivity contribution in [3.63, 3.8) is 0 Å². The summed E-state index contributed by atoms with van der Waals surface area (Å²) in [6.07, 6.45) is 0.660. The number of ether oxygens (including phenoxy) is 2. The van der Waals surface area contributed by atoms with Gasteiger partial charge in [-0.25, -0.2) is 0 Å². The van der Waals surface area contributed by atoms with Crippen LogP contribution in [0, 0.1) is 20.8 Å². The molecule has 30 heavy (non-hydrogen) atoms. The van der Waals surface area contributed by atoms with Gasteiger partial charge in [0.1, 0.15) is 5.75 Å².